The molecule has 2 aromatic rings. The van der Waals surface area contributed by atoms with Gasteiger partial charge in [0, 0.05) is 11.8 Å². The number of nitrogens with one attached hydrogen (secondary N) is 1. The average Bonchev–Trinajstić information content (AvgIpc) is 2.79. The molecule has 1 N–H and O–H groups in total. The second-order valence-electron chi connectivity index (χ2n) is 4.34. The van der Waals surface area contributed by atoms with Crippen molar-refractivity contribution in [2.24, 2.45) is 0 Å². The first-order valence-corrected chi connectivity index (χ1v) is 6.03. The van der Waals surface area contributed by atoms with E-state index in [0.29, 0.717) is 11.4 Å². The molecule has 1 atom stereocenters. The summed E-state index contributed by atoms with van der Waals surface area (Å²) in [4.78, 5) is 0. The molecule has 1 aromatic heterocycles. The maximum absolute atomic E-state index is 13.5. The van der Waals surface area contributed by atoms with Gasteiger partial charge in [0.05, 0.1) is 6.04 Å². The monoisotopic (exact) mass is 285 g/mol. The first-order valence-electron chi connectivity index (χ1n) is 6.03. The van der Waals surface area contributed by atoms with Gasteiger partial charge in [-0.1, -0.05) is 0 Å². The first kappa shape index (κ1) is 14.3. The summed E-state index contributed by atoms with van der Waals surface area (Å²) in [6.45, 7) is 0.625. The third kappa shape index (κ3) is 3.46. The number of halogens is 3. The molecule has 1 heterocycles. The average molecular weight is 285 g/mol. The molecule has 2 rings (SSSR count). The van der Waals surface area contributed by atoms with Gasteiger partial charge < -0.3 is 14.5 Å². The zero-order chi connectivity index (χ0) is 14.7. The van der Waals surface area contributed by atoms with Crippen LogP contribution in [0.25, 0.3) is 0 Å². The van der Waals surface area contributed by atoms with Gasteiger partial charge in [-0.2, -0.15) is 8.78 Å². The molecule has 0 aliphatic rings. The molecule has 0 spiro atoms. The van der Waals surface area contributed by atoms with Crippen molar-refractivity contribution in [2.45, 2.75) is 26.5 Å². The molecular weight excluding hydrogens is 271 g/mol. The van der Waals surface area contributed by atoms with Gasteiger partial charge in [-0.05, 0) is 38.1 Å². The minimum atomic E-state index is -3.05. The van der Waals surface area contributed by atoms with Gasteiger partial charge in [0.25, 0.3) is 0 Å². The molecule has 6 heteroatoms. The van der Waals surface area contributed by atoms with Gasteiger partial charge >= 0.3 is 6.61 Å². The van der Waals surface area contributed by atoms with E-state index in [-0.39, 0.29) is 6.04 Å². The Labute approximate surface area is 114 Å². The van der Waals surface area contributed by atoms with E-state index >= 15 is 0 Å². The number of hydrogen-bond acceptors (Lipinski definition) is 3. The lowest BCUT2D eigenvalue weighted by atomic mass is 10.2. The molecular formula is C14H14F3NO2. The Morgan fingerprint density at radius 2 is 1.95 bits per heavy atom. The topological polar surface area (TPSA) is 34.4 Å². The third-order valence-electron chi connectivity index (χ3n) is 2.72. The van der Waals surface area contributed by atoms with Gasteiger partial charge in [-0.25, -0.2) is 4.39 Å². The van der Waals surface area contributed by atoms with Crippen molar-refractivity contribution in [3.05, 3.63) is 47.7 Å². The van der Waals surface area contributed by atoms with E-state index < -0.39 is 18.2 Å². The smallest absolute Gasteiger partial charge is 0.387 e. The Morgan fingerprint density at radius 1 is 1.20 bits per heavy atom. The third-order valence-corrected chi connectivity index (χ3v) is 2.72. The normalized spacial score (nSPS) is 12.5. The van der Waals surface area contributed by atoms with Crippen LogP contribution >= 0.6 is 0 Å². The minimum Gasteiger partial charge on any atom is -0.464 e. The summed E-state index contributed by atoms with van der Waals surface area (Å²) in [6, 6.07) is 7.19. The largest absolute Gasteiger partial charge is 0.464 e. The Kier molecular flexibility index (Phi) is 4.22. The molecule has 20 heavy (non-hydrogen) atoms. The van der Waals surface area contributed by atoms with Crippen LogP contribution < -0.4 is 10.1 Å². The van der Waals surface area contributed by atoms with E-state index in [2.05, 4.69) is 10.1 Å². The maximum Gasteiger partial charge on any atom is 0.387 e. The van der Waals surface area contributed by atoms with Crippen molar-refractivity contribution in [1.29, 1.82) is 0 Å². The summed E-state index contributed by atoms with van der Waals surface area (Å²) in [5, 5.41) is 3.02. The number of alkyl halides is 2. The highest BCUT2D eigenvalue weighted by molar-refractivity contribution is 5.48. The molecule has 0 aliphatic carbocycles. The Morgan fingerprint density at radius 3 is 2.50 bits per heavy atom. The summed E-state index contributed by atoms with van der Waals surface area (Å²) in [5.74, 6) is 0.154. The Hall–Kier alpha value is -2.11. The predicted molar refractivity (Wildman–Crippen MR) is 68.5 cm³/mol. The Bertz CT molecular complexity index is 584. The van der Waals surface area contributed by atoms with Gasteiger partial charge in [-0.3, -0.25) is 0 Å². The minimum absolute atomic E-state index is 0.176. The van der Waals surface area contributed by atoms with Gasteiger partial charge in [0.1, 0.15) is 11.5 Å². The van der Waals surface area contributed by atoms with Crippen molar-refractivity contribution < 1.29 is 22.3 Å². The highest BCUT2D eigenvalue weighted by Gasteiger charge is 2.13. The number of rotatable bonds is 5. The van der Waals surface area contributed by atoms with Crippen LogP contribution in [0.1, 0.15) is 24.5 Å². The second kappa shape index (κ2) is 5.90. The van der Waals surface area contributed by atoms with E-state index in [0.717, 1.165) is 17.9 Å². The highest BCUT2D eigenvalue weighted by atomic mass is 19.3. The van der Waals surface area contributed by atoms with Crippen LogP contribution in [0.5, 0.6) is 5.75 Å². The number of ether oxygens (including phenoxy) is 1. The van der Waals surface area contributed by atoms with E-state index in [4.69, 9.17) is 4.42 Å². The van der Waals surface area contributed by atoms with Crippen LogP contribution in [-0.2, 0) is 0 Å². The lowest BCUT2D eigenvalue weighted by Gasteiger charge is -2.14. The lowest BCUT2D eigenvalue weighted by molar-refractivity contribution is -0.0521. The van der Waals surface area contributed by atoms with E-state index in [9.17, 15) is 13.2 Å². The van der Waals surface area contributed by atoms with Gasteiger partial charge in [0.2, 0.25) is 0 Å². The molecule has 0 saturated heterocycles. The van der Waals surface area contributed by atoms with Gasteiger partial charge in [0.15, 0.2) is 11.6 Å². The SMILES string of the molecule is Cc1ccc(C(C)Nc2ccc(OC(F)F)c(F)c2)o1. The molecule has 0 aliphatic heterocycles. The summed E-state index contributed by atoms with van der Waals surface area (Å²) < 4.78 is 47.1. The molecule has 0 bridgehead atoms. The van der Waals surface area contributed by atoms with Crippen molar-refractivity contribution >= 4 is 5.69 Å². The predicted octanol–water partition coefficient (Wildman–Crippen LogP) is 4.50. The van der Waals surface area contributed by atoms with E-state index in [1.54, 1.807) is 0 Å². The second-order valence-corrected chi connectivity index (χ2v) is 4.34. The van der Waals surface area contributed by atoms with Crippen LogP contribution in [0, 0.1) is 12.7 Å². The van der Waals surface area contributed by atoms with Gasteiger partial charge in [-0.15, -0.1) is 0 Å². The summed E-state index contributed by atoms with van der Waals surface area (Å²) >= 11 is 0. The number of hydrogen-bond donors (Lipinski definition) is 1. The Balaban J connectivity index is 2.08. The summed E-state index contributed by atoms with van der Waals surface area (Å²) in [7, 11) is 0. The number of aryl methyl sites for hydroxylation is 1. The van der Waals surface area contributed by atoms with Crippen LogP contribution in [0.4, 0.5) is 18.9 Å². The van der Waals surface area contributed by atoms with Crippen LogP contribution in [0.2, 0.25) is 0 Å². The summed E-state index contributed by atoms with van der Waals surface area (Å²) in [5.41, 5.74) is 0.450. The molecule has 1 unspecified atom stereocenters. The fraction of sp³-hybridized carbons (Fsp3) is 0.286. The van der Waals surface area contributed by atoms with Crippen LogP contribution in [0.3, 0.4) is 0 Å². The zero-order valence-electron chi connectivity index (χ0n) is 11.0. The molecule has 0 amide bonds. The van der Waals surface area contributed by atoms with E-state index in [1.807, 2.05) is 26.0 Å². The van der Waals surface area contributed by atoms with Crippen molar-refractivity contribution in [1.82, 2.24) is 0 Å². The molecule has 0 saturated carbocycles. The lowest BCUT2D eigenvalue weighted by Crippen LogP contribution is -2.07. The van der Waals surface area contributed by atoms with Crippen molar-refractivity contribution in [3.8, 4) is 5.75 Å². The number of furan rings is 1. The fourth-order valence-electron chi connectivity index (χ4n) is 1.79. The molecule has 0 fully saturated rings. The zero-order valence-corrected chi connectivity index (χ0v) is 11.0. The van der Waals surface area contributed by atoms with Crippen LogP contribution in [0.15, 0.2) is 34.7 Å². The maximum atomic E-state index is 13.5. The molecule has 0 radical (unpaired) electrons. The first-order chi connectivity index (χ1) is 9.45. The molecule has 1 aromatic carbocycles. The molecule has 3 nitrogen and oxygen atoms in total. The molecule has 108 valence electrons. The fourth-order valence-corrected chi connectivity index (χ4v) is 1.79. The standard InChI is InChI=1S/C14H14F3NO2/c1-8-3-5-12(19-8)9(2)18-10-4-6-13(11(15)7-10)20-14(16)17/h3-7,9,14,18H,1-2H3. The van der Waals surface area contributed by atoms with Crippen molar-refractivity contribution in [3.63, 3.8) is 0 Å². The van der Waals surface area contributed by atoms with Crippen LogP contribution in [-0.4, -0.2) is 6.61 Å². The highest BCUT2D eigenvalue weighted by Crippen LogP contribution is 2.26. The van der Waals surface area contributed by atoms with E-state index in [1.165, 1.54) is 6.07 Å². The number of anilines is 1. The van der Waals surface area contributed by atoms with Crippen molar-refractivity contribution in [2.75, 3.05) is 5.32 Å². The summed E-state index contributed by atoms with van der Waals surface area (Å²) in [6.07, 6.45) is 0. The quantitative estimate of drug-likeness (QED) is 0.878. The number of benzene rings is 1.